The van der Waals surface area contributed by atoms with Gasteiger partial charge in [-0.2, -0.15) is 4.39 Å². The van der Waals surface area contributed by atoms with Crippen molar-refractivity contribution in [3.8, 4) is 0 Å². The number of nitrogens with zero attached hydrogens (tertiary/aromatic N) is 1. The number of anilines is 1. The standard InChI is InChI=1S/C13H18FN3O3/c1-4-8(2)15-13(18)9(3)16-10-5-6-11(14)12(7-10)17(19)20/h5-9,16H,4H2,1-3H3,(H,15,18). The zero-order chi connectivity index (χ0) is 15.3. The van der Waals surface area contributed by atoms with Crippen molar-refractivity contribution in [2.24, 2.45) is 0 Å². The summed E-state index contributed by atoms with van der Waals surface area (Å²) in [5, 5.41) is 16.2. The number of hydrogen-bond acceptors (Lipinski definition) is 4. The van der Waals surface area contributed by atoms with Gasteiger partial charge in [-0.05, 0) is 32.4 Å². The van der Waals surface area contributed by atoms with E-state index in [9.17, 15) is 19.3 Å². The first kappa shape index (κ1) is 15.9. The minimum atomic E-state index is -0.905. The van der Waals surface area contributed by atoms with Crippen molar-refractivity contribution < 1.29 is 14.1 Å². The average Bonchev–Trinajstić information content (AvgIpc) is 2.40. The highest BCUT2D eigenvalue weighted by atomic mass is 19.1. The number of nitro groups is 1. The summed E-state index contributed by atoms with van der Waals surface area (Å²) in [5.74, 6) is -1.12. The first-order valence-electron chi connectivity index (χ1n) is 6.36. The van der Waals surface area contributed by atoms with Crippen LogP contribution in [0.1, 0.15) is 27.2 Å². The molecule has 1 amide bonds. The summed E-state index contributed by atoms with van der Waals surface area (Å²) in [5.41, 5.74) is -0.297. The second-order valence-corrected chi connectivity index (χ2v) is 4.61. The van der Waals surface area contributed by atoms with Gasteiger partial charge in [0.25, 0.3) is 0 Å². The summed E-state index contributed by atoms with van der Waals surface area (Å²) in [6.45, 7) is 5.46. The second kappa shape index (κ2) is 6.83. The van der Waals surface area contributed by atoms with Crippen molar-refractivity contribution in [3.05, 3.63) is 34.1 Å². The number of amides is 1. The molecule has 110 valence electrons. The van der Waals surface area contributed by atoms with Crippen LogP contribution < -0.4 is 10.6 Å². The fourth-order valence-corrected chi connectivity index (χ4v) is 1.53. The SMILES string of the molecule is CCC(C)NC(=O)C(C)Nc1ccc(F)c([N+](=O)[O-])c1. The summed E-state index contributed by atoms with van der Waals surface area (Å²) in [4.78, 5) is 21.7. The monoisotopic (exact) mass is 283 g/mol. The molecule has 7 heteroatoms. The molecule has 0 saturated heterocycles. The molecule has 0 aliphatic carbocycles. The van der Waals surface area contributed by atoms with E-state index in [4.69, 9.17) is 0 Å². The van der Waals surface area contributed by atoms with Crippen LogP contribution in [0, 0.1) is 15.9 Å². The maximum Gasteiger partial charge on any atom is 0.306 e. The predicted octanol–water partition coefficient (Wildman–Crippen LogP) is 2.45. The van der Waals surface area contributed by atoms with Crippen LogP contribution in [-0.4, -0.2) is 22.9 Å². The van der Waals surface area contributed by atoms with Gasteiger partial charge in [0.1, 0.15) is 6.04 Å². The fraction of sp³-hybridized carbons (Fsp3) is 0.462. The highest BCUT2D eigenvalue weighted by molar-refractivity contribution is 5.84. The molecule has 0 radical (unpaired) electrons. The van der Waals surface area contributed by atoms with Crippen LogP contribution in [0.25, 0.3) is 0 Å². The topological polar surface area (TPSA) is 84.3 Å². The van der Waals surface area contributed by atoms with Crippen molar-refractivity contribution in [3.63, 3.8) is 0 Å². The quantitative estimate of drug-likeness (QED) is 0.620. The lowest BCUT2D eigenvalue weighted by Gasteiger charge is -2.18. The third-order valence-corrected chi connectivity index (χ3v) is 2.92. The molecule has 0 spiro atoms. The molecule has 2 unspecified atom stereocenters. The van der Waals surface area contributed by atoms with Crippen LogP contribution in [0.4, 0.5) is 15.8 Å². The van der Waals surface area contributed by atoms with E-state index in [1.54, 1.807) is 6.92 Å². The molecule has 0 aliphatic heterocycles. The minimum absolute atomic E-state index is 0.0503. The van der Waals surface area contributed by atoms with Gasteiger partial charge in [-0.1, -0.05) is 6.92 Å². The average molecular weight is 283 g/mol. The molecule has 0 aromatic heterocycles. The number of halogens is 1. The summed E-state index contributed by atoms with van der Waals surface area (Å²) >= 11 is 0. The van der Waals surface area contributed by atoms with E-state index in [2.05, 4.69) is 10.6 Å². The molecule has 1 aromatic rings. The predicted molar refractivity (Wildman–Crippen MR) is 74.0 cm³/mol. The molecule has 20 heavy (non-hydrogen) atoms. The molecular weight excluding hydrogens is 265 g/mol. The van der Waals surface area contributed by atoms with Gasteiger partial charge in [-0.15, -0.1) is 0 Å². The molecule has 0 heterocycles. The van der Waals surface area contributed by atoms with Crippen LogP contribution in [0.3, 0.4) is 0 Å². The Morgan fingerprint density at radius 2 is 2.10 bits per heavy atom. The largest absolute Gasteiger partial charge is 0.374 e. The first-order chi connectivity index (χ1) is 9.35. The maximum atomic E-state index is 13.2. The van der Waals surface area contributed by atoms with E-state index in [-0.39, 0.29) is 11.9 Å². The number of rotatable bonds is 6. The highest BCUT2D eigenvalue weighted by Gasteiger charge is 2.18. The number of carbonyl (C=O) groups excluding carboxylic acids is 1. The smallest absolute Gasteiger partial charge is 0.306 e. The van der Waals surface area contributed by atoms with Crippen LogP contribution in [0.15, 0.2) is 18.2 Å². The molecule has 0 fully saturated rings. The van der Waals surface area contributed by atoms with E-state index in [0.29, 0.717) is 5.69 Å². The molecule has 2 N–H and O–H groups in total. The van der Waals surface area contributed by atoms with Gasteiger partial charge in [0.05, 0.1) is 4.92 Å². The van der Waals surface area contributed by atoms with Crippen molar-refractivity contribution in [2.45, 2.75) is 39.3 Å². The van der Waals surface area contributed by atoms with Crippen molar-refractivity contribution in [1.82, 2.24) is 5.32 Å². The van der Waals surface area contributed by atoms with E-state index >= 15 is 0 Å². The summed E-state index contributed by atoms with van der Waals surface area (Å²) < 4.78 is 13.2. The summed E-state index contributed by atoms with van der Waals surface area (Å²) in [6.07, 6.45) is 0.806. The Labute approximate surface area is 116 Å². The zero-order valence-corrected chi connectivity index (χ0v) is 11.6. The van der Waals surface area contributed by atoms with Gasteiger partial charge in [-0.3, -0.25) is 14.9 Å². The van der Waals surface area contributed by atoms with Gasteiger partial charge in [0.2, 0.25) is 11.7 Å². The molecule has 0 saturated carbocycles. The summed E-state index contributed by atoms with van der Waals surface area (Å²) in [7, 11) is 0. The molecular formula is C13H18FN3O3. The van der Waals surface area contributed by atoms with Crippen LogP contribution in [-0.2, 0) is 4.79 Å². The molecule has 0 aliphatic rings. The number of hydrogen-bond donors (Lipinski definition) is 2. The van der Waals surface area contributed by atoms with Gasteiger partial charge < -0.3 is 10.6 Å². The Morgan fingerprint density at radius 1 is 1.45 bits per heavy atom. The zero-order valence-electron chi connectivity index (χ0n) is 11.6. The van der Waals surface area contributed by atoms with Gasteiger partial charge in [-0.25, -0.2) is 0 Å². The molecule has 1 rings (SSSR count). The molecule has 6 nitrogen and oxygen atoms in total. The van der Waals surface area contributed by atoms with Crippen molar-refractivity contribution in [1.29, 1.82) is 0 Å². The van der Waals surface area contributed by atoms with Gasteiger partial charge in [0, 0.05) is 17.8 Å². The Balaban J connectivity index is 2.75. The summed E-state index contributed by atoms with van der Waals surface area (Å²) in [6, 6.07) is 2.90. The Kier molecular flexibility index (Phi) is 5.42. The van der Waals surface area contributed by atoms with Crippen LogP contribution in [0.2, 0.25) is 0 Å². The number of carbonyl (C=O) groups is 1. The number of benzene rings is 1. The number of nitrogens with one attached hydrogen (secondary N) is 2. The molecule has 1 aromatic carbocycles. The third kappa shape index (κ3) is 4.18. The maximum absolute atomic E-state index is 13.2. The lowest BCUT2D eigenvalue weighted by atomic mass is 10.2. The minimum Gasteiger partial charge on any atom is -0.374 e. The van der Waals surface area contributed by atoms with Gasteiger partial charge >= 0.3 is 5.69 Å². The molecule has 2 atom stereocenters. The highest BCUT2D eigenvalue weighted by Crippen LogP contribution is 2.22. The first-order valence-corrected chi connectivity index (χ1v) is 6.36. The van der Waals surface area contributed by atoms with Crippen LogP contribution in [0.5, 0.6) is 0 Å². The van der Waals surface area contributed by atoms with Gasteiger partial charge in [0.15, 0.2) is 0 Å². The Hall–Kier alpha value is -2.18. The lowest BCUT2D eigenvalue weighted by Crippen LogP contribution is -2.41. The van der Waals surface area contributed by atoms with E-state index in [1.807, 2.05) is 13.8 Å². The fourth-order valence-electron chi connectivity index (χ4n) is 1.53. The number of nitro benzene ring substituents is 1. The van der Waals surface area contributed by atoms with Crippen LogP contribution >= 0.6 is 0 Å². The van der Waals surface area contributed by atoms with E-state index in [1.165, 1.54) is 6.07 Å². The Morgan fingerprint density at radius 3 is 2.65 bits per heavy atom. The Bertz CT molecular complexity index is 508. The van der Waals surface area contributed by atoms with E-state index < -0.39 is 22.5 Å². The molecule has 0 bridgehead atoms. The van der Waals surface area contributed by atoms with E-state index in [0.717, 1.165) is 18.6 Å². The lowest BCUT2D eigenvalue weighted by molar-refractivity contribution is -0.387. The van der Waals surface area contributed by atoms with Crippen molar-refractivity contribution >= 4 is 17.3 Å². The van der Waals surface area contributed by atoms with Crippen molar-refractivity contribution in [2.75, 3.05) is 5.32 Å². The second-order valence-electron chi connectivity index (χ2n) is 4.61. The normalized spacial score (nSPS) is 13.4. The third-order valence-electron chi connectivity index (χ3n) is 2.92.